The van der Waals surface area contributed by atoms with Crippen LogP contribution in [-0.4, -0.2) is 107 Å². The number of hydrogen-bond donors (Lipinski definition) is 9. The summed E-state index contributed by atoms with van der Waals surface area (Å²) in [5.74, 6) is -11.4. The number of likely N-dealkylation sites (N-methyl/N-ethyl adjacent to an activating group) is 1. The second kappa shape index (κ2) is 10.8. The summed E-state index contributed by atoms with van der Waals surface area (Å²) in [5.41, 5.74) is 1.90. The van der Waals surface area contributed by atoms with Gasteiger partial charge in [-0.05, 0) is 49.5 Å². The van der Waals surface area contributed by atoms with Crippen LogP contribution in [-0.2, 0) is 14.4 Å². The molecule has 14 heteroatoms. The van der Waals surface area contributed by atoms with E-state index >= 15 is 0 Å². The highest BCUT2D eigenvalue weighted by Gasteiger charge is 2.70. The van der Waals surface area contributed by atoms with Crippen molar-refractivity contribution < 1.29 is 60.0 Å². The van der Waals surface area contributed by atoms with E-state index < -0.39 is 76.4 Å². The molecule has 3 aliphatic rings. The summed E-state index contributed by atoms with van der Waals surface area (Å²) < 4.78 is 0. The summed E-state index contributed by atoms with van der Waals surface area (Å²) in [6, 6.07) is 6.42. The maximum absolute atomic E-state index is 13.6. The molecule has 1 amide bonds. The van der Waals surface area contributed by atoms with Crippen LogP contribution in [0.5, 0.6) is 17.2 Å². The number of aromatic hydroxyl groups is 3. The van der Waals surface area contributed by atoms with E-state index in [1.54, 1.807) is 0 Å². The maximum atomic E-state index is 13.6. The summed E-state index contributed by atoms with van der Waals surface area (Å²) in [6.07, 6.45) is -3.35. The van der Waals surface area contributed by atoms with Gasteiger partial charge in [0, 0.05) is 17.9 Å². The Balaban J connectivity index is 0.000000324. The summed E-state index contributed by atoms with van der Waals surface area (Å²) in [7, 11) is 2.98. The van der Waals surface area contributed by atoms with Gasteiger partial charge < -0.3 is 51.5 Å². The number of ketones is 2. The van der Waals surface area contributed by atoms with Crippen molar-refractivity contribution in [2.24, 2.45) is 23.5 Å². The van der Waals surface area contributed by atoms with Gasteiger partial charge in [0.25, 0.3) is 0 Å². The molecule has 14 nitrogen and oxygen atoms in total. The van der Waals surface area contributed by atoms with Crippen LogP contribution in [0.1, 0.15) is 21.5 Å². The van der Waals surface area contributed by atoms with Crippen LogP contribution in [0.25, 0.3) is 11.3 Å². The van der Waals surface area contributed by atoms with Crippen LogP contribution < -0.4 is 5.73 Å². The number of aliphatic hydroxyl groups excluding tert-OH is 3. The number of benzene rings is 2. The molecule has 3 aliphatic carbocycles. The van der Waals surface area contributed by atoms with Gasteiger partial charge >= 0.3 is 5.97 Å². The molecule has 2 aromatic rings. The van der Waals surface area contributed by atoms with Gasteiger partial charge in [-0.3, -0.25) is 14.4 Å². The molecular formula is C29H30N2O12. The molecule has 5 rings (SSSR count). The minimum Gasteiger partial charge on any atom is -0.508 e. The Bertz CT molecular complexity index is 1600. The number of Topliss-reactive ketones (excluding diaryl/α,β-unsaturated/α-hetero) is 2. The Morgan fingerprint density at radius 3 is 2.14 bits per heavy atom. The standard InChI is InChI=1S/C22H24N2O8.C7H6O4/c1-7-8-5-4-6-9(25)11(8)16(26)12-10(7)17(27)14-15(24(2)3)18(28)13(21(23)31)20(30)22(14,32)19(12)29;8-4-1-2-6(9)5(3-4)7(10)11/h4-6,10,13-15,17-18,25-28,32H,1H2,2-3H3,(H2,23,31);1-3,8-9H,(H,10,11)/t10?,13?,14?,15-,17-,18?,22-;/m0./s1. The lowest BCUT2D eigenvalue weighted by atomic mass is 9.52. The zero-order valence-corrected chi connectivity index (χ0v) is 22.9. The number of nitrogens with zero attached hydrogens (tertiary/aromatic N) is 1. The van der Waals surface area contributed by atoms with Crippen LogP contribution >= 0.6 is 0 Å². The number of aromatic carboxylic acids is 1. The van der Waals surface area contributed by atoms with Crippen LogP contribution in [0.15, 0.2) is 48.6 Å². The monoisotopic (exact) mass is 598 g/mol. The van der Waals surface area contributed by atoms with Gasteiger partial charge in [-0.15, -0.1) is 0 Å². The lowest BCUT2D eigenvalue weighted by molar-refractivity contribution is -0.196. The van der Waals surface area contributed by atoms with Crippen molar-refractivity contribution in [1.29, 1.82) is 0 Å². The molecule has 0 heterocycles. The third kappa shape index (κ3) is 4.60. The van der Waals surface area contributed by atoms with Crippen molar-refractivity contribution in [1.82, 2.24) is 4.90 Å². The number of carbonyl (C=O) groups is 4. The van der Waals surface area contributed by atoms with Crippen molar-refractivity contribution >= 4 is 34.8 Å². The first kappa shape index (κ1) is 31.2. The average Bonchev–Trinajstić information content (AvgIpc) is 2.92. The highest BCUT2D eigenvalue weighted by molar-refractivity contribution is 6.26. The number of carboxylic acid groups (broad SMARTS) is 1. The van der Waals surface area contributed by atoms with E-state index in [4.69, 9.17) is 21.1 Å². The number of phenols is 3. The molecule has 228 valence electrons. The number of hydrogen-bond acceptors (Lipinski definition) is 12. The molecule has 0 bridgehead atoms. The van der Waals surface area contributed by atoms with E-state index in [0.29, 0.717) is 0 Å². The van der Waals surface area contributed by atoms with E-state index in [2.05, 4.69) is 6.58 Å². The Morgan fingerprint density at radius 2 is 1.60 bits per heavy atom. The van der Waals surface area contributed by atoms with E-state index in [1.807, 2.05) is 0 Å². The first-order valence-corrected chi connectivity index (χ1v) is 12.8. The Kier molecular flexibility index (Phi) is 7.84. The largest absolute Gasteiger partial charge is 0.508 e. The fraction of sp³-hybridized carbons (Fsp3) is 0.310. The molecule has 2 fully saturated rings. The van der Waals surface area contributed by atoms with Crippen molar-refractivity contribution in [3.63, 3.8) is 0 Å². The van der Waals surface area contributed by atoms with Crippen molar-refractivity contribution in [2.75, 3.05) is 14.1 Å². The van der Waals surface area contributed by atoms with Gasteiger partial charge in [-0.1, -0.05) is 18.7 Å². The van der Waals surface area contributed by atoms with Gasteiger partial charge in [-0.25, -0.2) is 4.79 Å². The maximum Gasteiger partial charge on any atom is 0.339 e. The molecule has 0 spiro atoms. The Labute approximate surface area is 243 Å². The molecule has 0 aliphatic heterocycles. The number of amides is 1. The predicted molar refractivity (Wildman–Crippen MR) is 148 cm³/mol. The number of primary amides is 1. The number of nitrogens with two attached hydrogens (primary N) is 1. The number of aliphatic hydroxyl groups is 4. The molecule has 2 aromatic carbocycles. The smallest absolute Gasteiger partial charge is 0.339 e. The molecule has 0 radical (unpaired) electrons. The first-order valence-electron chi connectivity index (χ1n) is 12.8. The van der Waals surface area contributed by atoms with Crippen LogP contribution in [0, 0.1) is 17.8 Å². The number of carbonyl (C=O) groups excluding carboxylic acids is 3. The van der Waals surface area contributed by atoms with Crippen molar-refractivity contribution in [3.05, 3.63) is 65.2 Å². The number of carboxylic acids is 1. The minimum absolute atomic E-state index is 0.120. The van der Waals surface area contributed by atoms with Gasteiger partial charge in [0.05, 0.1) is 23.3 Å². The van der Waals surface area contributed by atoms with Gasteiger partial charge in [0.2, 0.25) is 11.7 Å². The lowest BCUT2D eigenvalue weighted by Crippen LogP contribution is -2.76. The van der Waals surface area contributed by atoms with Gasteiger partial charge in [0.15, 0.2) is 11.4 Å². The molecule has 0 saturated heterocycles. The number of rotatable bonds is 3. The third-order valence-corrected chi connectivity index (χ3v) is 8.18. The fourth-order valence-electron chi connectivity index (χ4n) is 6.26. The summed E-state index contributed by atoms with van der Waals surface area (Å²) in [5, 5.41) is 80.9. The molecule has 43 heavy (non-hydrogen) atoms. The van der Waals surface area contributed by atoms with Crippen LogP contribution in [0.3, 0.4) is 0 Å². The lowest BCUT2D eigenvalue weighted by Gasteiger charge is -2.55. The first-order chi connectivity index (χ1) is 20.0. The van der Waals surface area contributed by atoms with Crippen molar-refractivity contribution in [3.8, 4) is 17.2 Å². The third-order valence-electron chi connectivity index (χ3n) is 8.18. The van der Waals surface area contributed by atoms with E-state index in [1.165, 1.54) is 43.3 Å². The van der Waals surface area contributed by atoms with Gasteiger partial charge in [-0.2, -0.15) is 0 Å². The highest BCUT2D eigenvalue weighted by atomic mass is 16.4. The Morgan fingerprint density at radius 1 is 0.977 bits per heavy atom. The number of phenolic OH excluding ortho intramolecular Hbond substituents is 2. The minimum atomic E-state index is -2.95. The number of fused-ring (bicyclic) bond motifs is 3. The predicted octanol–water partition coefficient (Wildman–Crippen LogP) is -0.633. The highest BCUT2D eigenvalue weighted by Crippen LogP contribution is 2.55. The molecule has 2 saturated carbocycles. The summed E-state index contributed by atoms with van der Waals surface area (Å²) >= 11 is 0. The van der Waals surface area contributed by atoms with Gasteiger partial charge in [0.1, 0.15) is 34.5 Å². The topological polar surface area (TPSA) is 259 Å². The van der Waals surface area contributed by atoms with Crippen LogP contribution in [0.2, 0.25) is 0 Å². The second-order valence-corrected chi connectivity index (χ2v) is 10.8. The quantitative estimate of drug-likeness (QED) is 0.158. The average molecular weight is 599 g/mol. The normalized spacial score (nSPS) is 29.7. The van der Waals surface area contributed by atoms with Crippen molar-refractivity contribution in [2.45, 2.75) is 23.9 Å². The molecule has 0 aromatic heterocycles. The van der Waals surface area contributed by atoms with Crippen LogP contribution in [0.4, 0.5) is 0 Å². The zero-order valence-electron chi connectivity index (χ0n) is 22.9. The summed E-state index contributed by atoms with van der Waals surface area (Å²) in [6.45, 7) is 3.93. The second-order valence-electron chi connectivity index (χ2n) is 10.8. The molecule has 7 atom stereocenters. The molecule has 10 N–H and O–H groups in total. The summed E-state index contributed by atoms with van der Waals surface area (Å²) in [4.78, 5) is 50.5. The van der Waals surface area contributed by atoms with E-state index in [-0.39, 0.29) is 39.5 Å². The fourth-order valence-corrected chi connectivity index (χ4v) is 6.26. The van der Waals surface area contributed by atoms with E-state index in [9.17, 15) is 44.7 Å². The molecular weight excluding hydrogens is 568 g/mol. The van der Waals surface area contributed by atoms with E-state index in [0.717, 1.165) is 12.1 Å². The SMILES string of the molecule is C=C1c2cccc(O)c2C(O)=C2C(=O)[C@]3(O)C(=O)C(C(N)=O)C(O)[C@@H](N(C)C)C3[C@@H](O)C12.O=C(O)c1cc(O)ccc1O. The Hall–Kier alpha value is -4.76. The molecule has 4 unspecified atom stereocenters. The zero-order chi connectivity index (χ0) is 32.3.